The second-order valence-electron chi connectivity index (χ2n) is 6.74. The fourth-order valence-electron chi connectivity index (χ4n) is 3.22. The number of nitrogens with zero attached hydrogens (tertiary/aromatic N) is 1. The maximum Gasteiger partial charge on any atom is 0.338 e. The highest BCUT2D eigenvalue weighted by molar-refractivity contribution is 5.95. The number of urea groups is 1. The Morgan fingerprint density at radius 1 is 1.00 bits per heavy atom. The van der Waals surface area contributed by atoms with Gasteiger partial charge in [0.05, 0.1) is 36.6 Å². The van der Waals surface area contributed by atoms with Crippen molar-refractivity contribution >= 4 is 18.0 Å². The number of carbonyl (C=O) groups is 3. The number of methoxy groups -OCH3 is 1. The van der Waals surface area contributed by atoms with Gasteiger partial charge in [-0.25, -0.2) is 14.4 Å². The summed E-state index contributed by atoms with van der Waals surface area (Å²) >= 11 is 0. The highest BCUT2D eigenvalue weighted by atomic mass is 16.5. The Labute approximate surface area is 180 Å². The number of hydrogen-bond acceptors (Lipinski definition) is 6. The number of nitrogens with one attached hydrogen (secondary N) is 1. The lowest BCUT2D eigenvalue weighted by atomic mass is 9.94. The zero-order valence-electron chi connectivity index (χ0n) is 17.6. The second-order valence-corrected chi connectivity index (χ2v) is 6.74. The Hall–Kier alpha value is -3.81. The first kappa shape index (κ1) is 21.9. The van der Waals surface area contributed by atoms with Gasteiger partial charge in [0.1, 0.15) is 12.4 Å². The smallest absolute Gasteiger partial charge is 0.338 e. The number of likely N-dealkylation sites (N-methyl/N-ethyl adjacent to an activating group) is 1. The van der Waals surface area contributed by atoms with Crippen LogP contribution in [0.3, 0.4) is 0 Å². The summed E-state index contributed by atoms with van der Waals surface area (Å²) in [7, 11) is 3.06. The minimum atomic E-state index is -0.765. The molecule has 2 aromatic carbocycles. The van der Waals surface area contributed by atoms with Gasteiger partial charge < -0.3 is 19.5 Å². The van der Waals surface area contributed by atoms with Gasteiger partial charge in [-0.15, -0.1) is 0 Å². The maximum atomic E-state index is 12.9. The molecule has 0 spiro atoms. The molecular weight excluding hydrogens is 400 g/mol. The third kappa shape index (κ3) is 4.85. The normalized spacial score (nSPS) is 15.9. The van der Waals surface area contributed by atoms with Crippen LogP contribution in [0.1, 0.15) is 28.9 Å². The third-order valence-electron chi connectivity index (χ3n) is 4.87. The molecule has 8 nitrogen and oxygen atoms in total. The van der Waals surface area contributed by atoms with E-state index in [1.165, 1.54) is 11.9 Å². The van der Waals surface area contributed by atoms with Crippen LogP contribution in [0.2, 0.25) is 0 Å². The monoisotopic (exact) mass is 424 g/mol. The third-order valence-corrected chi connectivity index (χ3v) is 4.87. The van der Waals surface area contributed by atoms with Crippen molar-refractivity contribution in [3.05, 3.63) is 77.0 Å². The van der Waals surface area contributed by atoms with E-state index in [0.717, 1.165) is 0 Å². The lowest BCUT2D eigenvalue weighted by molar-refractivity contribution is -0.139. The summed E-state index contributed by atoms with van der Waals surface area (Å²) in [5, 5.41) is 2.81. The number of ether oxygens (including phenoxy) is 3. The Kier molecular flexibility index (Phi) is 6.92. The van der Waals surface area contributed by atoms with Gasteiger partial charge in [0.15, 0.2) is 0 Å². The lowest BCUT2D eigenvalue weighted by Crippen LogP contribution is -2.48. The summed E-state index contributed by atoms with van der Waals surface area (Å²) in [6.07, 6.45) is 0. The molecule has 0 aromatic heterocycles. The van der Waals surface area contributed by atoms with E-state index in [-0.39, 0.29) is 24.5 Å². The van der Waals surface area contributed by atoms with Crippen LogP contribution in [-0.4, -0.2) is 50.2 Å². The van der Waals surface area contributed by atoms with Crippen molar-refractivity contribution in [2.75, 3.05) is 27.4 Å². The van der Waals surface area contributed by atoms with Crippen molar-refractivity contribution in [3.63, 3.8) is 0 Å². The fraction of sp³-hybridized carbons (Fsp3) is 0.261. The molecule has 1 heterocycles. The van der Waals surface area contributed by atoms with E-state index in [1.54, 1.807) is 68.6 Å². The van der Waals surface area contributed by atoms with E-state index in [0.29, 0.717) is 16.9 Å². The Morgan fingerprint density at radius 2 is 1.68 bits per heavy atom. The Bertz CT molecular complexity index is 985. The first-order valence-corrected chi connectivity index (χ1v) is 9.76. The van der Waals surface area contributed by atoms with Gasteiger partial charge in [0, 0.05) is 7.05 Å². The van der Waals surface area contributed by atoms with E-state index in [9.17, 15) is 14.4 Å². The van der Waals surface area contributed by atoms with Crippen LogP contribution in [0.25, 0.3) is 0 Å². The van der Waals surface area contributed by atoms with Crippen molar-refractivity contribution < 1.29 is 28.6 Å². The molecule has 0 saturated carbocycles. The Balaban J connectivity index is 1.98. The summed E-state index contributed by atoms with van der Waals surface area (Å²) in [5.41, 5.74) is 1.50. The topological polar surface area (TPSA) is 94.2 Å². The summed E-state index contributed by atoms with van der Waals surface area (Å²) in [5.74, 6) is -0.515. The van der Waals surface area contributed by atoms with Crippen LogP contribution in [-0.2, 0) is 14.3 Å². The predicted molar refractivity (Wildman–Crippen MR) is 112 cm³/mol. The molecule has 3 rings (SSSR count). The standard InChI is InChI=1S/C23H24N2O6/c1-4-30-22(27)19-18(14-31-21(26)16-8-6-5-7-9-16)25(2)23(28)24-20(19)15-10-12-17(29-3)13-11-15/h5-13,20H,4,14H2,1-3H3,(H,24,28)/t20-/m0/s1. The maximum absolute atomic E-state index is 12.9. The lowest BCUT2D eigenvalue weighted by Gasteiger charge is -2.34. The zero-order valence-corrected chi connectivity index (χ0v) is 17.6. The fourth-order valence-corrected chi connectivity index (χ4v) is 3.22. The first-order chi connectivity index (χ1) is 15.0. The molecule has 2 aromatic rings. The highest BCUT2D eigenvalue weighted by Crippen LogP contribution is 2.32. The molecule has 1 aliphatic heterocycles. The molecule has 1 aliphatic rings. The molecule has 0 radical (unpaired) electrons. The number of rotatable bonds is 7. The quantitative estimate of drug-likeness (QED) is 0.687. The molecule has 1 N–H and O–H groups in total. The van der Waals surface area contributed by atoms with Gasteiger partial charge in [-0.1, -0.05) is 30.3 Å². The van der Waals surface area contributed by atoms with Crippen LogP contribution in [0, 0.1) is 0 Å². The van der Waals surface area contributed by atoms with E-state index in [2.05, 4.69) is 5.32 Å². The van der Waals surface area contributed by atoms with E-state index >= 15 is 0 Å². The van der Waals surface area contributed by atoms with E-state index in [4.69, 9.17) is 14.2 Å². The average molecular weight is 424 g/mol. The van der Waals surface area contributed by atoms with Crippen molar-refractivity contribution in [1.29, 1.82) is 0 Å². The van der Waals surface area contributed by atoms with Crippen LogP contribution in [0.15, 0.2) is 65.9 Å². The largest absolute Gasteiger partial charge is 0.497 e. The van der Waals surface area contributed by atoms with Crippen molar-refractivity contribution in [1.82, 2.24) is 10.2 Å². The van der Waals surface area contributed by atoms with E-state index < -0.39 is 24.0 Å². The SMILES string of the molecule is CCOC(=O)C1=C(COC(=O)c2ccccc2)N(C)C(=O)N[C@H]1c1ccc(OC)cc1. The van der Waals surface area contributed by atoms with Crippen LogP contribution in [0.5, 0.6) is 5.75 Å². The average Bonchev–Trinajstić information content (AvgIpc) is 2.80. The van der Waals surface area contributed by atoms with Crippen LogP contribution in [0.4, 0.5) is 4.79 Å². The first-order valence-electron chi connectivity index (χ1n) is 9.76. The summed E-state index contributed by atoms with van der Waals surface area (Å²) in [6, 6.07) is 14.3. The molecule has 0 aliphatic carbocycles. The molecule has 0 unspecified atom stereocenters. The predicted octanol–water partition coefficient (Wildman–Crippen LogP) is 3.07. The van der Waals surface area contributed by atoms with E-state index in [1.807, 2.05) is 0 Å². The van der Waals surface area contributed by atoms with Crippen LogP contribution >= 0.6 is 0 Å². The number of carbonyl (C=O) groups excluding carboxylic acids is 3. The molecular formula is C23H24N2O6. The molecule has 1 atom stereocenters. The molecule has 0 saturated heterocycles. The van der Waals surface area contributed by atoms with Crippen molar-refractivity contribution in [2.45, 2.75) is 13.0 Å². The minimum absolute atomic E-state index is 0.159. The highest BCUT2D eigenvalue weighted by Gasteiger charge is 2.37. The summed E-state index contributed by atoms with van der Waals surface area (Å²) in [6.45, 7) is 1.59. The van der Waals surface area contributed by atoms with Gasteiger partial charge in [-0.05, 0) is 36.8 Å². The summed E-state index contributed by atoms with van der Waals surface area (Å²) in [4.78, 5) is 39.1. The van der Waals surface area contributed by atoms with Gasteiger partial charge in [-0.3, -0.25) is 4.90 Å². The Morgan fingerprint density at radius 3 is 2.29 bits per heavy atom. The number of hydrogen-bond donors (Lipinski definition) is 1. The van der Waals surface area contributed by atoms with Gasteiger partial charge in [-0.2, -0.15) is 0 Å². The molecule has 0 bridgehead atoms. The number of amides is 2. The van der Waals surface area contributed by atoms with Gasteiger partial charge in [0.25, 0.3) is 0 Å². The van der Waals surface area contributed by atoms with Crippen molar-refractivity contribution in [3.8, 4) is 5.75 Å². The molecule has 162 valence electrons. The molecule has 0 fully saturated rings. The van der Waals surface area contributed by atoms with Gasteiger partial charge >= 0.3 is 18.0 Å². The number of benzene rings is 2. The molecule has 2 amide bonds. The number of esters is 2. The minimum Gasteiger partial charge on any atom is -0.497 e. The summed E-state index contributed by atoms with van der Waals surface area (Å²) < 4.78 is 15.8. The van der Waals surface area contributed by atoms with Crippen molar-refractivity contribution in [2.24, 2.45) is 0 Å². The second kappa shape index (κ2) is 9.80. The van der Waals surface area contributed by atoms with Gasteiger partial charge in [0.2, 0.25) is 0 Å². The molecule has 31 heavy (non-hydrogen) atoms. The molecule has 8 heteroatoms. The van der Waals surface area contributed by atoms with Crippen LogP contribution < -0.4 is 10.1 Å². The zero-order chi connectivity index (χ0) is 22.4.